The van der Waals surface area contributed by atoms with Crippen LogP contribution in [0.3, 0.4) is 0 Å². The number of ether oxygens (including phenoxy) is 2. The van der Waals surface area contributed by atoms with Gasteiger partial charge >= 0.3 is 0 Å². The normalized spacial score (nSPS) is 18.3. The fourth-order valence-electron chi connectivity index (χ4n) is 5.11. The molecule has 3 aromatic rings. The van der Waals surface area contributed by atoms with Gasteiger partial charge in [-0.15, -0.1) is 0 Å². The zero-order valence-electron chi connectivity index (χ0n) is 22.0. The fourth-order valence-corrected chi connectivity index (χ4v) is 5.24. The zero-order chi connectivity index (χ0) is 26.8. The first-order valence-corrected chi connectivity index (χ1v) is 13.6. The summed E-state index contributed by atoms with van der Waals surface area (Å²) in [5.74, 6) is 2.02. The van der Waals surface area contributed by atoms with Crippen molar-refractivity contribution in [1.29, 1.82) is 0 Å². The van der Waals surface area contributed by atoms with Crippen molar-refractivity contribution in [3.05, 3.63) is 88.6 Å². The lowest BCUT2D eigenvalue weighted by atomic mass is 9.84. The minimum atomic E-state index is -0.939. The fraction of sp³-hybridized carbons (Fsp3) is 0.387. The standard InChI is InChI=1S/C31H35ClN2O4/c1-30(2,35)21-37-27-8-3-9-28-26(27)20-22(25-7-4-16-33-29(25)38-28)6-5-17-34-18-14-31(36,15-19-34)23-10-12-24(32)13-11-23/h3-4,6-13,16,35-36H,5,14-15,17-21H2,1-2H3/b22-6-. The number of aromatic nitrogens is 1. The summed E-state index contributed by atoms with van der Waals surface area (Å²) in [6.07, 6.45) is 6.91. The summed E-state index contributed by atoms with van der Waals surface area (Å²) in [5, 5.41) is 22.1. The Morgan fingerprint density at radius 3 is 2.61 bits per heavy atom. The van der Waals surface area contributed by atoms with E-state index in [1.807, 2.05) is 54.6 Å². The predicted octanol–water partition coefficient (Wildman–Crippen LogP) is 5.99. The third kappa shape index (κ3) is 6.21. The van der Waals surface area contributed by atoms with E-state index in [4.69, 9.17) is 21.1 Å². The molecule has 0 amide bonds. The number of nitrogens with zero attached hydrogens (tertiary/aromatic N) is 2. The predicted molar refractivity (Wildman–Crippen MR) is 150 cm³/mol. The van der Waals surface area contributed by atoms with Crippen LogP contribution in [0.25, 0.3) is 5.57 Å². The van der Waals surface area contributed by atoms with E-state index in [1.54, 1.807) is 20.0 Å². The molecule has 7 heteroatoms. The number of hydrogen-bond acceptors (Lipinski definition) is 6. The monoisotopic (exact) mass is 534 g/mol. The highest BCUT2D eigenvalue weighted by Crippen LogP contribution is 2.42. The maximum atomic E-state index is 11.2. The molecule has 6 nitrogen and oxygen atoms in total. The Balaban J connectivity index is 1.29. The van der Waals surface area contributed by atoms with Crippen molar-refractivity contribution in [2.24, 2.45) is 0 Å². The van der Waals surface area contributed by atoms with Gasteiger partial charge in [0.05, 0.1) is 11.2 Å². The molecule has 2 N–H and O–H groups in total. The van der Waals surface area contributed by atoms with Gasteiger partial charge in [-0.05, 0) is 80.6 Å². The minimum absolute atomic E-state index is 0.186. The molecule has 2 aromatic carbocycles. The number of benzene rings is 2. The molecule has 200 valence electrons. The van der Waals surface area contributed by atoms with Crippen LogP contribution >= 0.6 is 11.6 Å². The van der Waals surface area contributed by atoms with Crippen molar-refractivity contribution in [1.82, 2.24) is 9.88 Å². The van der Waals surface area contributed by atoms with Crippen molar-refractivity contribution >= 4 is 17.2 Å². The van der Waals surface area contributed by atoms with E-state index in [-0.39, 0.29) is 6.61 Å². The molecular weight excluding hydrogens is 500 g/mol. The summed E-state index contributed by atoms with van der Waals surface area (Å²) in [6, 6.07) is 17.3. The number of likely N-dealkylation sites (tertiary alicyclic amines) is 1. The van der Waals surface area contributed by atoms with Crippen LogP contribution in [0, 0.1) is 0 Å². The Morgan fingerprint density at radius 2 is 1.87 bits per heavy atom. The molecule has 0 aliphatic carbocycles. The summed E-state index contributed by atoms with van der Waals surface area (Å²) in [6.45, 7) is 6.22. The SMILES string of the molecule is CC(C)(O)COc1cccc2c1C/C(=C/CCN1CCC(O)(c3ccc(Cl)cc3)CC1)c1cccnc1O2. The van der Waals surface area contributed by atoms with E-state index in [1.165, 1.54) is 0 Å². The maximum absolute atomic E-state index is 11.2. The molecule has 0 atom stereocenters. The third-order valence-electron chi connectivity index (χ3n) is 7.26. The number of fused-ring (bicyclic) bond motifs is 2. The second kappa shape index (κ2) is 11.1. The number of piperidine rings is 1. The molecule has 0 spiro atoms. The Hall–Kier alpha value is -2.90. The number of pyridine rings is 1. The van der Waals surface area contributed by atoms with Gasteiger partial charge in [0.1, 0.15) is 18.1 Å². The number of allylic oxidation sites excluding steroid dienone is 1. The molecule has 0 radical (unpaired) electrons. The zero-order valence-corrected chi connectivity index (χ0v) is 22.7. The van der Waals surface area contributed by atoms with Crippen LogP contribution in [-0.4, -0.2) is 51.9 Å². The number of halogens is 1. The molecule has 1 aromatic heterocycles. The summed E-state index contributed by atoms with van der Waals surface area (Å²) in [7, 11) is 0. The van der Waals surface area contributed by atoms with Crippen molar-refractivity contribution in [3.63, 3.8) is 0 Å². The van der Waals surface area contributed by atoms with Crippen LogP contribution in [0.5, 0.6) is 17.4 Å². The highest BCUT2D eigenvalue weighted by molar-refractivity contribution is 6.30. The van der Waals surface area contributed by atoms with Crippen LogP contribution in [0.1, 0.15) is 49.8 Å². The van der Waals surface area contributed by atoms with Gasteiger partial charge in [-0.1, -0.05) is 35.9 Å². The highest BCUT2D eigenvalue weighted by Gasteiger charge is 2.33. The number of aliphatic hydroxyl groups is 2. The Morgan fingerprint density at radius 1 is 1.11 bits per heavy atom. The number of rotatable bonds is 7. The molecule has 3 heterocycles. The lowest BCUT2D eigenvalue weighted by Gasteiger charge is -2.38. The molecule has 38 heavy (non-hydrogen) atoms. The van der Waals surface area contributed by atoms with Crippen LogP contribution < -0.4 is 9.47 Å². The van der Waals surface area contributed by atoms with Gasteiger partial charge in [-0.3, -0.25) is 0 Å². The lowest BCUT2D eigenvalue weighted by Crippen LogP contribution is -2.42. The van der Waals surface area contributed by atoms with Gasteiger partial charge in [-0.2, -0.15) is 0 Å². The molecule has 0 bridgehead atoms. The van der Waals surface area contributed by atoms with E-state index < -0.39 is 11.2 Å². The summed E-state index contributed by atoms with van der Waals surface area (Å²) >= 11 is 6.03. The molecular formula is C31H35ClN2O4. The Kier molecular flexibility index (Phi) is 7.78. The third-order valence-corrected chi connectivity index (χ3v) is 7.51. The average molecular weight is 535 g/mol. The number of hydrogen-bond donors (Lipinski definition) is 2. The van der Waals surface area contributed by atoms with Gasteiger partial charge in [-0.25, -0.2) is 4.98 Å². The first-order valence-electron chi connectivity index (χ1n) is 13.2. The first-order chi connectivity index (χ1) is 18.2. The van der Waals surface area contributed by atoms with Gasteiger partial charge in [0.2, 0.25) is 5.88 Å². The van der Waals surface area contributed by atoms with Crippen molar-refractivity contribution in [3.8, 4) is 17.4 Å². The van der Waals surface area contributed by atoms with Crippen molar-refractivity contribution in [2.45, 2.75) is 50.7 Å². The largest absolute Gasteiger partial charge is 0.490 e. The van der Waals surface area contributed by atoms with Crippen molar-refractivity contribution < 1.29 is 19.7 Å². The van der Waals surface area contributed by atoms with E-state index in [0.717, 1.165) is 54.1 Å². The van der Waals surface area contributed by atoms with Gasteiger partial charge < -0.3 is 24.6 Å². The Labute approximate surface area is 229 Å². The maximum Gasteiger partial charge on any atom is 0.226 e. The molecule has 5 rings (SSSR count). The topological polar surface area (TPSA) is 75.1 Å². The minimum Gasteiger partial charge on any atom is -0.490 e. The summed E-state index contributed by atoms with van der Waals surface area (Å²) in [4.78, 5) is 6.91. The van der Waals surface area contributed by atoms with Crippen molar-refractivity contribution in [2.75, 3.05) is 26.2 Å². The van der Waals surface area contributed by atoms with E-state index in [2.05, 4.69) is 16.0 Å². The molecule has 1 fully saturated rings. The molecule has 0 unspecified atom stereocenters. The van der Waals surface area contributed by atoms with E-state index in [9.17, 15) is 10.2 Å². The van der Waals surface area contributed by atoms with E-state index >= 15 is 0 Å². The van der Waals surface area contributed by atoms with Crippen LogP contribution in [0.2, 0.25) is 5.02 Å². The van der Waals surface area contributed by atoms with Gasteiger partial charge in [0.25, 0.3) is 0 Å². The lowest BCUT2D eigenvalue weighted by molar-refractivity contribution is -0.0254. The van der Waals surface area contributed by atoms with Crippen LogP contribution in [-0.2, 0) is 12.0 Å². The van der Waals surface area contributed by atoms with Gasteiger partial charge in [0, 0.05) is 48.4 Å². The smallest absolute Gasteiger partial charge is 0.226 e. The quantitative estimate of drug-likeness (QED) is 0.388. The molecule has 1 saturated heterocycles. The van der Waals surface area contributed by atoms with Crippen LogP contribution in [0.4, 0.5) is 0 Å². The van der Waals surface area contributed by atoms with Crippen LogP contribution in [0.15, 0.2) is 66.9 Å². The second-order valence-corrected chi connectivity index (χ2v) is 11.3. The molecule has 2 aliphatic rings. The molecule has 0 saturated carbocycles. The Bertz CT molecular complexity index is 1290. The first kappa shape index (κ1) is 26.7. The molecule has 2 aliphatic heterocycles. The highest BCUT2D eigenvalue weighted by atomic mass is 35.5. The van der Waals surface area contributed by atoms with E-state index in [0.29, 0.717) is 35.9 Å². The van der Waals surface area contributed by atoms with Gasteiger partial charge in [0.15, 0.2) is 0 Å². The second-order valence-electron chi connectivity index (χ2n) is 10.9. The summed E-state index contributed by atoms with van der Waals surface area (Å²) < 4.78 is 12.2. The average Bonchev–Trinajstić information content (AvgIpc) is 3.05. The summed E-state index contributed by atoms with van der Waals surface area (Å²) in [5.41, 5.74) is 2.27.